The van der Waals surface area contributed by atoms with Crippen molar-refractivity contribution < 1.29 is 9.90 Å². The summed E-state index contributed by atoms with van der Waals surface area (Å²) in [6, 6.07) is 0. The molecule has 0 atom stereocenters. The molecule has 1 saturated carbocycles. The van der Waals surface area contributed by atoms with E-state index in [0.717, 1.165) is 37.9 Å². The molecule has 17 heavy (non-hydrogen) atoms. The molecule has 0 spiro atoms. The number of hydrogen-bond donors (Lipinski definition) is 2. The number of amides is 1. The molecule has 4 nitrogen and oxygen atoms in total. The van der Waals surface area contributed by atoms with Crippen LogP contribution in [0.15, 0.2) is 5.10 Å². The Morgan fingerprint density at radius 3 is 2.71 bits per heavy atom. The van der Waals surface area contributed by atoms with Gasteiger partial charge in [-0.15, -0.1) is 0 Å². The molecule has 0 heterocycles. The first-order chi connectivity index (χ1) is 8.13. The van der Waals surface area contributed by atoms with Gasteiger partial charge >= 0.3 is 0 Å². The summed E-state index contributed by atoms with van der Waals surface area (Å²) in [6.45, 7) is 0. The van der Waals surface area contributed by atoms with E-state index in [1.54, 1.807) is 7.05 Å². The highest BCUT2D eigenvalue weighted by molar-refractivity contribution is 7.80. The van der Waals surface area contributed by atoms with Crippen LogP contribution in [0.4, 0.5) is 0 Å². The van der Waals surface area contributed by atoms with E-state index in [1.807, 2.05) is 6.21 Å². The van der Waals surface area contributed by atoms with Gasteiger partial charge in [-0.05, 0) is 43.8 Å². The fourth-order valence-electron chi connectivity index (χ4n) is 1.90. The maximum Gasteiger partial charge on any atom is 0.242 e. The van der Waals surface area contributed by atoms with Crippen LogP contribution in [0.3, 0.4) is 0 Å². The van der Waals surface area contributed by atoms with E-state index in [-0.39, 0.29) is 12.0 Å². The van der Waals surface area contributed by atoms with Crippen molar-refractivity contribution >= 4 is 24.8 Å². The first-order valence-corrected chi connectivity index (χ1v) is 6.86. The average Bonchev–Trinajstić information content (AvgIpc) is 2.34. The van der Waals surface area contributed by atoms with Crippen LogP contribution in [0, 0.1) is 5.92 Å². The number of nitrogens with zero attached hydrogens (tertiary/aromatic N) is 2. The van der Waals surface area contributed by atoms with Crippen LogP contribution in [0.1, 0.15) is 38.5 Å². The zero-order valence-electron chi connectivity index (χ0n) is 10.4. The van der Waals surface area contributed by atoms with Crippen molar-refractivity contribution in [3.05, 3.63) is 0 Å². The van der Waals surface area contributed by atoms with E-state index in [2.05, 4.69) is 17.7 Å². The Bertz CT molecular complexity index is 263. The molecule has 0 aromatic heterocycles. The lowest BCUT2D eigenvalue weighted by molar-refractivity contribution is -0.129. The molecule has 1 aliphatic carbocycles. The number of hydrogen-bond acceptors (Lipinski definition) is 4. The summed E-state index contributed by atoms with van der Waals surface area (Å²) in [4.78, 5) is 11.6. The molecule has 98 valence electrons. The van der Waals surface area contributed by atoms with E-state index in [4.69, 9.17) is 0 Å². The lowest BCUT2D eigenvalue weighted by Crippen LogP contribution is -2.23. The normalized spacial score (nSPS) is 25.1. The molecule has 1 N–H and O–H groups in total. The topological polar surface area (TPSA) is 52.9 Å². The first kappa shape index (κ1) is 14.5. The van der Waals surface area contributed by atoms with Gasteiger partial charge in [-0.25, -0.2) is 5.01 Å². The summed E-state index contributed by atoms with van der Waals surface area (Å²) in [7, 11) is 1.69. The summed E-state index contributed by atoms with van der Waals surface area (Å²) >= 11 is 4.07. The molecule has 1 rings (SSSR count). The monoisotopic (exact) mass is 258 g/mol. The highest BCUT2D eigenvalue weighted by Gasteiger charge is 2.18. The van der Waals surface area contributed by atoms with Gasteiger partial charge in [-0.3, -0.25) is 4.79 Å². The number of carbonyl (C=O) groups excluding carboxylic acids is 1. The standard InChI is InChI=1S/C12H22N2O2S/c1-14(12(16)3-2-8-17)13-9-10-4-6-11(15)7-5-10/h9-11,15,17H,2-8H2,1H3/b13-9+. The molecule has 0 aromatic rings. The molecule has 0 saturated heterocycles. The summed E-state index contributed by atoms with van der Waals surface area (Å²) in [6.07, 6.45) is 6.60. The van der Waals surface area contributed by atoms with E-state index < -0.39 is 0 Å². The van der Waals surface area contributed by atoms with Crippen molar-refractivity contribution in [2.75, 3.05) is 12.8 Å². The summed E-state index contributed by atoms with van der Waals surface area (Å²) in [5.41, 5.74) is 0. The fourth-order valence-corrected chi connectivity index (χ4v) is 2.06. The van der Waals surface area contributed by atoms with Crippen molar-refractivity contribution in [2.45, 2.75) is 44.6 Å². The van der Waals surface area contributed by atoms with Crippen LogP contribution in [-0.2, 0) is 4.79 Å². The van der Waals surface area contributed by atoms with Crippen molar-refractivity contribution in [3.8, 4) is 0 Å². The second-order valence-electron chi connectivity index (χ2n) is 4.58. The summed E-state index contributed by atoms with van der Waals surface area (Å²) in [5.74, 6) is 1.16. The zero-order chi connectivity index (χ0) is 12.7. The highest BCUT2D eigenvalue weighted by atomic mass is 32.1. The molecule has 0 radical (unpaired) electrons. The summed E-state index contributed by atoms with van der Waals surface area (Å²) < 4.78 is 0. The number of carbonyl (C=O) groups is 1. The Labute approximate surface area is 108 Å². The van der Waals surface area contributed by atoms with Gasteiger partial charge < -0.3 is 5.11 Å². The lowest BCUT2D eigenvalue weighted by atomic mass is 9.88. The third-order valence-electron chi connectivity index (χ3n) is 3.10. The second kappa shape index (κ2) is 7.71. The predicted molar refractivity (Wildman–Crippen MR) is 72.3 cm³/mol. The first-order valence-electron chi connectivity index (χ1n) is 6.23. The maximum absolute atomic E-state index is 11.6. The van der Waals surface area contributed by atoms with Gasteiger partial charge in [0.1, 0.15) is 0 Å². The highest BCUT2D eigenvalue weighted by Crippen LogP contribution is 2.22. The Morgan fingerprint density at radius 1 is 1.47 bits per heavy atom. The van der Waals surface area contributed by atoms with Gasteiger partial charge in [0.25, 0.3) is 0 Å². The molecule has 0 aliphatic heterocycles. The van der Waals surface area contributed by atoms with E-state index >= 15 is 0 Å². The number of thiol groups is 1. The van der Waals surface area contributed by atoms with Crippen molar-refractivity contribution in [1.82, 2.24) is 5.01 Å². The van der Waals surface area contributed by atoms with Crippen LogP contribution in [0.5, 0.6) is 0 Å². The minimum Gasteiger partial charge on any atom is -0.393 e. The molecule has 0 bridgehead atoms. The molecule has 5 heteroatoms. The van der Waals surface area contributed by atoms with E-state index in [9.17, 15) is 9.90 Å². The second-order valence-corrected chi connectivity index (χ2v) is 5.02. The minimum atomic E-state index is -0.144. The largest absolute Gasteiger partial charge is 0.393 e. The fraction of sp³-hybridized carbons (Fsp3) is 0.833. The lowest BCUT2D eigenvalue weighted by Gasteiger charge is -2.22. The van der Waals surface area contributed by atoms with Gasteiger partial charge in [0.15, 0.2) is 0 Å². The zero-order valence-corrected chi connectivity index (χ0v) is 11.3. The van der Waals surface area contributed by atoms with Gasteiger partial charge in [-0.1, -0.05) is 0 Å². The quantitative estimate of drug-likeness (QED) is 0.448. The van der Waals surface area contributed by atoms with Crippen molar-refractivity contribution in [3.63, 3.8) is 0 Å². The SMILES string of the molecule is CN(/N=C/C1CCC(O)CC1)C(=O)CCCS. The van der Waals surface area contributed by atoms with Crippen LogP contribution in [0.2, 0.25) is 0 Å². The molecule has 1 fully saturated rings. The van der Waals surface area contributed by atoms with Crippen LogP contribution in [0.25, 0.3) is 0 Å². The Kier molecular flexibility index (Phi) is 6.58. The van der Waals surface area contributed by atoms with Gasteiger partial charge in [-0.2, -0.15) is 17.7 Å². The average molecular weight is 258 g/mol. The van der Waals surface area contributed by atoms with Crippen LogP contribution in [-0.4, -0.2) is 41.1 Å². The van der Waals surface area contributed by atoms with Gasteiger partial charge in [0.2, 0.25) is 5.91 Å². The third kappa shape index (κ3) is 5.55. The molecular weight excluding hydrogens is 236 g/mol. The number of aliphatic hydroxyl groups is 1. The van der Waals surface area contributed by atoms with Crippen LogP contribution >= 0.6 is 12.6 Å². The number of rotatable bonds is 5. The number of hydrazone groups is 1. The Hall–Kier alpha value is -0.550. The smallest absolute Gasteiger partial charge is 0.242 e. The van der Waals surface area contributed by atoms with Crippen molar-refractivity contribution in [2.24, 2.45) is 11.0 Å². The third-order valence-corrected chi connectivity index (χ3v) is 3.42. The van der Waals surface area contributed by atoms with E-state index in [0.29, 0.717) is 12.3 Å². The molecule has 0 unspecified atom stereocenters. The molecule has 0 aromatic carbocycles. The maximum atomic E-state index is 11.6. The molecule has 1 amide bonds. The van der Waals surface area contributed by atoms with Gasteiger partial charge in [0.05, 0.1) is 6.10 Å². The number of aliphatic hydroxyl groups excluding tert-OH is 1. The van der Waals surface area contributed by atoms with E-state index in [1.165, 1.54) is 5.01 Å². The minimum absolute atomic E-state index is 0.0335. The van der Waals surface area contributed by atoms with Crippen molar-refractivity contribution in [1.29, 1.82) is 0 Å². The molecule has 1 aliphatic rings. The summed E-state index contributed by atoms with van der Waals surface area (Å²) in [5, 5.41) is 15.0. The predicted octanol–water partition coefficient (Wildman–Crippen LogP) is 1.69. The Balaban J connectivity index is 2.29. The van der Waals surface area contributed by atoms with Gasteiger partial charge in [0, 0.05) is 19.7 Å². The molecular formula is C12H22N2O2S. The van der Waals surface area contributed by atoms with Crippen LogP contribution < -0.4 is 0 Å². The Morgan fingerprint density at radius 2 is 2.12 bits per heavy atom.